The third-order valence-corrected chi connectivity index (χ3v) is 6.12. The second-order valence-electron chi connectivity index (χ2n) is 8.41. The molecule has 0 spiro atoms. The Bertz CT molecular complexity index is 633. The number of halogens is 1. The van der Waals surface area contributed by atoms with Crippen LogP contribution in [0.1, 0.15) is 31.7 Å². The van der Waals surface area contributed by atoms with Crippen molar-refractivity contribution in [3.05, 3.63) is 29.8 Å². The maximum Gasteiger partial charge on any atom is 0.193 e. The van der Waals surface area contributed by atoms with Crippen LogP contribution in [0.15, 0.2) is 29.3 Å². The van der Waals surface area contributed by atoms with E-state index in [4.69, 9.17) is 9.47 Å². The smallest absolute Gasteiger partial charge is 0.193 e. The van der Waals surface area contributed by atoms with Crippen molar-refractivity contribution >= 4 is 35.6 Å². The van der Waals surface area contributed by atoms with E-state index in [2.05, 4.69) is 51.3 Å². The average molecular weight is 530 g/mol. The molecule has 0 radical (unpaired) electrons. The molecule has 0 bridgehead atoms. The van der Waals surface area contributed by atoms with E-state index < -0.39 is 0 Å². The van der Waals surface area contributed by atoms with Gasteiger partial charge in [0.15, 0.2) is 5.96 Å². The number of likely N-dealkylation sites (tertiary alicyclic amines) is 1. The molecule has 3 rings (SSSR count). The van der Waals surface area contributed by atoms with Gasteiger partial charge in [0.05, 0.1) is 19.8 Å². The zero-order valence-electron chi connectivity index (χ0n) is 18.8. The monoisotopic (exact) mass is 530 g/mol. The SMILES string of the molecule is CN=C(NCc1ccc(N2CCC(C)CC2)cc1)N1CCC(COCCOC)C1.I. The molecule has 0 amide bonds. The van der Waals surface area contributed by atoms with Gasteiger partial charge in [0.2, 0.25) is 0 Å². The van der Waals surface area contributed by atoms with Crippen molar-refractivity contribution in [3.8, 4) is 0 Å². The van der Waals surface area contributed by atoms with Crippen LogP contribution >= 0.6 is 24.0 Å². The van der Waals surface area contributed by atoms with Crippen molar-refractivity contribution in [1.82, 2.24) is 10.2 Å². The number of rotatable bonds is 8. The van der Waals surface area contributed by atoms with Crippen LogP contribution in [0.5, 0.6) is 0 Å². The highest BCUT2D eigenvalue weighted by atomic mass is 127. The first kappa shape index (κ1) is 25.2. The second-order valence-corrected chi connectivity index (χ2v) is 8.41. The van der Waals surface area contributed by atoms with E-state index in [0.29, 0.717) is 19.1 Å². The number of anilines is 1. The molecule has 30 heavy (non-hydrogen) atoms. The minimum absolute atomic E-state index is 0. The molecule has 7 heteroatoms. The fraction of sp³-hybridized carbons (Fsp3) is 0.696. The number of guanidine groups is 1. The molecular formula is C23H39IN4O2. The Balaban J connectivity index is 0.00000320. The van der Waals surface area contributed by atoms with E-state index in [1.807, 2.05) is 7.05 Å². The third kappa shape index (κ3) is 7.57. The van der Waals surface area contributed by atoms with E-state index >= 15 is 0 Å². The van der Waals surface area contributed by atoms with Crippen LogP contribution in [0.25, 0.3) is 0 Å². The van der Waals surface area contributed by atoms with E-state index in [9.17, 15) is 0 Å². The molecule has 2 heterocycles. The first-order valence-corrected chi connectivity index (χ1v) is 11.1. The minimum Gasteiger partial charge on any atom is -0.382 e. The van der Waals surface area contributed by atoms with Gasteiger partial charge in [0.25, 0.3) is 0 Å². The zero-order chi connectivity index (χ0) is 20.5. The van der Waals surface area contributed by atoms with Crippen molar-refractivity contribution in [2.45, 2.75) is 32.7 Å². The molecule has 0 aliphatic carbocycles. The molecule has 2 saturated heterocycles. The van der Waals surface area contributed by atoms with Crippen LogP contribution in [0.4, 0.5) is 5.69 Å². The molecular weight excluding hydrogens is 491 g/mol. The van der Waals surface area contributed by atoms with Crippen LogP contribution < -0.4 is 10.2 Å². The van der Waals surface area contributed by atoms with E-state index in [1.54, 1.807) is 7.11 Å². The number of nitrogens with one attached hydrogen (secondary N) is 1. The van der Waals surface area contributed by atoms with E-state index in [1.165, 1.54) is 37.2 Å². The van der Waals surface area contributed by atoms with Gasteiger partial charge in [-0.05, 0) is 42.9 Å². The Hall–Kier alpha value is -1.06. The molecule has 0 saturated carbocycles. The summed E-state index contributed by atoms with van der Waals surface area (Å²) in [6, 6.07) is 9.01. The lowest BCUT2D eigenvalue weighted by atomic mass is 9.99. The van der Waals surface area contributed by atoms with Gasteiger partial charge >= 0.3 is 0 Å². The Labute approximate surface area is 199 Å². The summed E-state index contributed by atoms with van der Waals surface area (Å²) in [5.74, 6) is 2.42. The Morgan fingerprint density at radius 3 is 2.50 bits per heavy atom. The van der Waals surface area contributed by atoms with Gasteiger partial charge in [-0.15, -0.1) is 24.0 Å². The van der Waals surface area contributed by atoms with Crippen molar-refractivity contribution < 1.29 is 9.47 Å². The van der Waals surface area contributed by atoms with Crippen LogP contribution in [0.3, 0.4) is 0 Å². The topological polar surface area (TPSA) is 49.3 Å². The molecule has 2 fully saturated rings. The highest BCUT2D eigenvalue weighted by Crippen LogP contribution is 2.23. The van der Waals surface area contributed by atoms with Crippen LogP contribution in [0.2, 0.25) is 0 Å². The van der Waals surface area contributed by atoms with Gasteiger partial charge in [-0.1, -0.05) is 19.1 Å². The average Bonchev–Trinajstić information content (AvgIpc) is 3.21. The Kier molecular flexibility index (Phi) is 11.2. The van der Waals surface area contributed by atoms with Gasteiger partial charge in [-0.2, -0.15) is 0 Å². The lowest BCUT2D eigenvalue weighted by Gasteiger charge is -2.32. The normalized spacial score (nSPS) is 20.4. The predicted octanol–water partition coefficient (Wildman–Crippen LogP) is 3.60. The quantitative estimate of drug-likeness (QED) is 0.241. The molecule has 2 aliphatic heterocycles. The van der Waals surface area contributed by atoms with Crippen LogP contribution in [0, 0.1) is 11.8 Å². The lowest BCUT2D eigenvalue weighted by Crippen LogP contribution is -2.39. The summed E-state index contributed by atoms with van der Waals surface area (Å²) in [6.45, 7) is 9.68. The van der Waals surface area contributed by atoms with Gasteiger partial charge in [0.1, 0.15) is 0 Å². The van der Waals surface area contributed by atoms with Gasteiger partial charge in [-0.3, -0.25) is 4.99 Å². The lowest BCUT2D eigenvalue weighted by molar-refractivity contribution is 0.0536. The molecule has 1 aromatic rings. The van der Waals surface area contributed by atoms with Crippen molar-refractivity contribution in [2.24, 2.45) is 16.8 Å². The van der Waals surface area contributed by atoms with Gasteiger partial charge in [0, 0.05) is 58.5 Å². The molecule has 2 aliphatic rings. The predicted molar refractivity (Wildman–Crippen MR) is 135 cm³/mol. The molecule has 1 N–H and O–H groups in total. The molecule has 170 valence electrons. The highest BCUT2D eigenvalue weighted by Gasteiger charge is 2.25. The number of nitrogens with zero attached hydrogens (tertiary/aromatic N) is 3. The fourth-order valence-corrected chi connectivity index (χ4v) is 4.16. The summed E-state index contributed by atoms with van der Waals surface area (Å²) in [6.07, 6.45) is 3.75. The second kappa shape index (κ2) is 13.4. The van der Waals surface area contributed by atoms with Gasteiger partial charge < -0.3 is 24.6 Å². The van der Waals surface area contributed by atoms with Crippen molar-refractivity contribution in [3.63, 3.8) is 0 Å². The third-order valence-electron chi connectivity index (χ3n) is 6.12. The van der Waals surface area contributed by atoms with Gasteiger partial charge in [-0.25, -0.2) is 0 Å². The number of aliphatic imine (C=N–C) groups is 1. The molecule has 1 aromatic carbocycles. The Morgan fingerprint density at radius 2 is 1.83 bits per heavy atom. The number of ether oxygens (including phenoxy) is 2. The fourth-order valence-electron chi connectivity index (χ4n) is 4.16. The van der Waals surface area contributed by atoms with Crippen molar-refractivity contribution in [2.75, 3.05) is 65.1 Å². The highest BCUT2D eigenvalue weighted by molar-refractivity contribution is 14.0. The molecule has 0 aromatic heterocycles. The van der Waals surface area contributed by atoms with E-state index in [0.717, 1.165) is 44.5 Å². The molecule has 1 unspecified atom stereocenters. The number of piperidine rings is 1. The first-order chi connectivity index (χ1) is 14.2. The maximum absolute atomic E-state index is 5.70. The zero-order valence-corrected chi connectivity index (χ0v) is 21.1. The Morgan fingerprint density at radius 1 is 1.10 bits per heavy atom. The molecule has 1 atom stereocenters. The number of hydrogen-bond acceptors (Lipinski definition) is 4. The maximum atomic E-state index is 5.70. The summed E-state index contributed by atoms with van der Waals surface area (Å²) in [5.41, 5.74) is 2.64. The minimum atomic E-state index is 0. The number of hydrogen-bond donors (Lipinski definition) is 1. The summed E-state index contributed by atoms with van der Waals surface area (Å²) in [7, 11) is 3.57. The number of methoxy groups -OCH3 is 1. The largest absolute Gasteiger partial charge is 0.382 e. The van der Waals surface area contributed by atoms with Crippen molar-refractivity contribution in [1.29, 1.82) is 0 Å². The number of benzene rings is 1. The summed E-state index contributed by atoms with van der Waals surface area (Å²) < 4.78 is 10.7. The summed E-state index contributed by atoms with van der Waals surface area (Å²) in [4.78, 5) is 9.34. The standard InChI is InChI=1S/C23H38N4O2.HI/c1-19-8-11-26(12-9-19)22-6-4-20(5-7-22)16-25-23(24-2)27-13-10-21(17-27)18-29-15-14-28-3;/h4-7,19,21H,8-18H2,1-3H3,(H,24,25);1H. The summed E-state index contributed by atoms with van der Waals surface area (Å²) in [5, 5.41) is 3.53. The first-order valence-electron chi connectivity index (χ1n) is 11.1. The summed E-state index contributed by atoms with van der Waals surface area (Å²) >= 11 is 0. The van der Waals surface area contributed by atoms with Crippen LogP contribution in [-0.4, -0.2) is 71.0 Å². The van der Waals surface area contributed by atoms with Crippen LogP contribution in [-0.2, 0) is 16.0 Å². The van der Waals surface area contributed by atoms with E-state index in [-0.39, 0.29) is 24.0 Å². The molecule has 6 nitrogen and oxygen atoms in total.